The molecule has 10 heteroatoms. The van der Waals surface area contributed by atoms with E-state index in [1.807, 2.05) is 24.3 Å². The van der Waals surface area contributed by atoms with Crippen LogP contribution >= 0.6 is 34.5 Å². The van der Waals surface area contributed by atoms with Gasteiger partial charge in [-0.15, -0.1) is 11.3 Å². The molecule has 4 aromatic rings. The van der Waals surface area contributed by atoms with Gasteiger partial charge in [0, 0.05) is 23.9 Å². The van der Waals surface area contributed by atoms with Gasteiger partial charge in [-0.25, -0.2) is 9.98 Å². The van der Waals surface area contributed by atoms with E-state index in [9.17, 15) is 5.26 Å². The van der Waals surface area contributed by atoms with Crippen molar-refractivity contribution in [1.82, 2.24) is 15.2 Å². The number of nitrogens with zero attached hydrogens (tertiary/aromatic N) is 4. The highest BCUT2D eigenvalue weighted by molar-refractivity contribution is 7.15. The summed E-state index contributed by atoms with van der Waals surface area (Å²) in [4.78, 5) is 9.30. The zero-order valence-electron chi connectivity index (χ0n) is 17.4. The lowest BCUT2D eigenvalue weighted by molar-refractivity contribution is 0.287. The average Bonchev–Trinajstić information content (AvgIpc) is 3.41. The molecule has 0 spiro atoms. The Kier molecular flexibility index (Phi) is 7.25. The first-order valence-electron chi connectivity index (χ1n) is 9.72. The normalized spacial score (nSPS) is 11.0. The second-order valence-electron chi connectivity index (χ2n) is 6.86. The summed E-state index contributed by atoms with van der Waals surface area (Å²) in [6.45, 7) is 0.336. The molecule has 7 nitrogen and oxygen atoms in total. The molecule has 2 aromatic heterocycles. The number of aromatic nitrogens is 3. The maximum absolute atomic E-state index is 9.63. The first kappa shape index (κ1) is 22.8. The summed E-state index contributed by atoms with van der Waals surface area (Å²) < 4.78 is 11.7. The van der Waals surface area contributed by atoms with Crippen molar-refractivity contribution >= 4 is 46.6 Å². The predicted octanol–water partition coefficient (Wildman–Crippen LogP) is 5.97. The van der Waals surface area contributed by atoms with Crippen LogP contribution in [0.3, 0.4) is 0 Å². The Morgan fingerprint density at radius 3 is 2.82 bits per heavy atom. The maximum Gasteiger partial charge on any atom is 0.191 e. The van der Waals surface area contributed by atoms with E-state index in [0.29, 0.717) is 51.1 Å². The minimum Gasteiger partial charge on any atom is -0.493 e. The molecule has 0 aliphatic heterocycles. The first-order chi connectivity index (χ1) is 16.1. The molecule has 0 saturated carbocycles. The molecule has 2 aromatic carbocycles. The number of nitrogens with one attached hydrogen (secondary N) is 1. The van der Waals surface area contributed by atoms with Crippen molar-refractivity contribution < 1.29 is 9.47 Å². The number of benzene rings is 2. The minimum absolute atomic E-state index is 0.316. The van der Waals surface area contributed by atoms with Crippen LogP contribution in [0, 0.1) is 11.3 Å². The summed E-state index contributed by atoms with van der Waals surface area (Å²) in [5, 5.41) is 17.4. The molecule has 33 heavy (non-hydrogen) atoms. The number of aliphatic imine (C=N–C) groups is 1. The highest BCUT2D eigenvalue weighted by Gasteiger charge is 2.13. The number of ether oxygens (including phenoxy) is 2. The van der Waals surface area contributed by atoms with E-state index in [4.69, 9.17) is 32.7 Å². The molecule has 1 N–H and O–H groups in total. The van der Waals surface area contributed by atoms with Crippen molar-refractivity contribution in [1.29, 1.82) is 5.26 Å². The smallest absolute Gasteiger partial charge is 0.191 e. The molecule has 0 aliphatic rings. The zero-order chi connectivity index (χ0) is 23.2. The predicted molar refractivity (Wildman–Crippen MR) is 129 cm³/mol. The molecule has 4 rings (SSSR count). The van der Waals surface area contributed by atoms with Gasteiger partial charge in [0.05, 0.1) is 17.7 Å². The van der Waals surface area contributed by atoms with Crippen LogP contribution in [-0.4, -0.2) is 28.5 Å². The van der Waals surface area contributed by atoms with Crippen molar-refractivity contribution in [3.05, 3.63) is 85.4 Å². The van der Waals surface area contributed by atoms with Crippen LogP contribution in [0.15, 0.2) is 53.7 Å². The van der Waals surface area contributed by atoms with Crippen molar-refractivity contribution in [2.24, 2.45) is 4.99 Å². The van der Waals surface area contributed by atoms with Crippen LogP contribution < -0.4 is 9.47 Å². The number of rotatable bonds is 8. The van der Waals surface area contributed by atoms with E-state index in [1.165, 1.54) is 11.3 Å². The molecule has 0 radical (unpaired) electrons. The Hall–Kier alpha value is -3.38. The Labute approximate surface area is 204 Å². The summed E-state index contributed by atoms with van der Waals surface area (Å²) in [5.41, 5.74) is 2.81. The number of nitriles is 1. The van der Waals surface area contributed by atoms with Crippen LogP contribution in [-0.2, 0) is 13.0 Å². The van der Waals surface area contributed by atoms with Crippen LogP contribution in [0.1, 0.15) is 27.3 Å². The number of H-pyrrole nitrogens is 1. The molecule has 0 amide bonds. The fraction of sp³-hybridized carbons (Fsp3) is 0.130. The van der Waals surface area contributed by atoms with E-state index in [-0.39, 0.29) is 0 Å². The van der Waals surface area contributed by atoms with Gasteiger partial charge in [0.2, 0.25) is 0 Å². The monoisotopic (exact) mass is 497 g/mol. The van der Waals surface area contributed by atoms with Gasteiger partial charge in [-0.05, 0) is 41.5 Å². The average molecular weight is 498 g/mol. The number of hydrogen-bond acceptors (Lipinski definition) is 7. The van der Waals surface area contributed by atoms with Crippen molar-refractivity contribution in [2.75, 3.05) is 7.11 Å². The fourth-order valence-electron chi connectivity index (χ4n) is 3.08. The van der Waals surface area contributed by atoms with Crippen LogP contribution in [0.25, 0.3) is 0 Å². The summed E-state index contributed by atoms with van der Waals surface area (Å²) in [6, 6.07) is 15.1. The molecule has 0 aliphatic carbocycles. The lowest BCUT2D eigenvalue weighted by Gasteiger charge is -2.10. The van der Waals surface area contributed by atoms with Crippen LogP contribution in [0.5, 0.6) is 11.5 Å². The van der Waals surface area contributed by atoms with Crippen LogP contribution in [0.2, 0.25) is 9.49 Å². The second-order valence-corrected chi connectivity index (χ2v) is 8.99. The molecule has 2 heterocycles. The Balaban J connectivity index is 1.49. The van der Waals surface area contributed by atoms with Gasteiger partial charge in [-0.3, -0.25) is 5.10 Å². The van der Waals surface area contributed by atoms with E-state index < -0.39 is 0 Å². The number of thiazole rings is 1. The molecule has 166 valence electrons. The third-order valence-electron chi connectivity index (χ3n) is 4.62. The van der Waals surface area contributed by atoms with Crippen LogP contribution in [0.4, 0.5) is 5.82 Å². The highest BCUT2D eigenvalue weighted by Crippen LogP contribution is 2.30. The fourth-order valence-corrected chi connectivity index (χ4v) is 4.18. The topological polar surface area (TPSA) is 96.2 Å². The van der Waals surface area contributed by atoms with Gasteiger partial charge in [-0.2, -0.15) is 10.4 Å². The standard InChI is InChI=1S/C23H17Cl2N5O2S/c1-31-21-9-15(5-6-20(21)32-13-17-12-28-23(25)33-17)11-27-22-18(10-26)19(29-30-22)8-14-3-2-4-16(24)7-14/h2-7,9,11-12H,8,13H2,1H3,(H,29,30). The third-order valence-corrected chi connectivity index (χ3v) is 5.95. The van der Waals surface area contributed by atoms with Gasteiger partial charge < -0.3 is 9.47 Å². The Morgan fingerprint density at radius 2 is 2.09 bits per heavy atom. The maximum atomic E-state index is 9.63. The highest BCUT2D eigenvalue weighted by atomic mass is 35.5. The van der Waals surface area contributed by atoms with Crippen molar-refractivity contribution in [3.8, 4) is 17.6 Å². The molecule has 0 fully saturated rings. The molecule has 0 unspecified atom stereocenters. The van der Waals surface area contributed by atoms with E-state index >= 15 is 0 Å². The minimum atomic E-state index is 0.316. The number of aromatic amines is 1. The summed E-state index contributed by atoms with van der Waals surface area (Å²) in [7, 11) is 1.57. The van der Waals surface area contributed by atoms with E-state index in [0.717, 1.165) is 16.0 Å². The molecular formula is C23H17Cl2N5O2S. The summed E-state index contributed by atoms with van der Waals surface area (Å²) in [5.74, 6) is 1.45. The van der Waals surface area contributed by atoms with Crippen molar-refractivity contribution in [2.45, 2.75) is 13.0 Å². The van der Waals surface area contributed by atoms with E-state index in [2.05, 4.69) is 26.2 Å². The molecule has 0 bridgehead atoms. The SMILES string of the molecule is COc1cc(C=Nc2n[nH]c(Cc3cccc(Cl)c3)c2C#N)ccc1OCc1cnc(Cl)s1. The number of halogens is 2. The van der Waals surface area contributed by atoms with Gasteiger partial charge >= 0.3 is 0 Å². The van der Waals surface area contributed by atoms with Gasteiger partial charge in [0.1, 0.15) is 18.2 Å². The number of hydrogen-bond donors (Lipinski definition) is 1. The summed E-state index contributed by atoms with van der Waals surface area (Å²) in [6.07, 6.45) is 3.80. The first-order valence-corrected chi connectivity index (χ1v) is 11.3. The molecule has 0 atom stereocenters. The van der Waals surface area contributed by atoms with Gasteiger partial charge in [0.15, 0.2) is 21.8 Å². The molecule has 0 saturated heterocycles. The van der Waals surface area contributed by atoms with Gasteiger partial charge in [0.25, 0.3) is 0 Å². The number of methoxy groups -OCH3 is 1. The summed E-state index contributed by atoms with van der Waals surface area (Å²) >= 11 is 13.3. The van der Waals surface area contributed by atoms with E-state index in [1.54, 1.807) is 37.7 Å². The Morgan fingerprint density at radius 1 is 1.21 bits per heavy atom. The third kappa shape index (κ3) is 5.71. The zero-order valence-corrected chi connectivity index (χ0v) is 19.7. The quantitative estimate of drug-likeness (QED) is 0.302. The molecular weight excluding hydrogens is 481 g/mol. The Bertz CT molecular complexity index is 1340. The lowest BCUT2D eigenvalue weighted by atomic mass is 10.1. The lowest BCUT2D eigenvalue weighted by Crippen LogP contribution is -1.97. The van der Waals surface area contributed by atoms with Crippen molar-refractivity contribution in [3.63, 3.8) is 0 Å². The second kappa shape index (κ2) is 10.5. The largest absolute Gasteiger partial charge is 0.493 e. The van der Waals surface area contributed by atoms with Gasteiger partial charge in [-0.1, -0.05) is 35.3 Å².